The Bertz CT molecular complexity index is 328. The maximum atomic E-state index is 11.1. The second-order valence-electron chi connectivity index (χ2n) is 2.93. The Kier molecular flexibility index (Phi) is 4.43. The molecule has 82 valence electrons. The number of ether oxygens (including phenoxy) is 1. The second-order valence-corrected chi connectivity index (χ2v) is 2.93. The van der Waals surface area contributed by atoms with Gasteiger partial charge in [0.05, 0.1) is 6.61 Å². The Morgan fingerprint density at radius 2 is 2.33 bits per heavy atom. The van der Waals surface area contributed by atoms with Crippen molar-refractivity contribution >= 4 is 11.6 Å². The molecular weight excluding hydrogens is 196 g/mol. The summed E-state index contributed by atoms with van der Waals surface area (Å²) < 4.78 is 5.17. The number of carbonyl (C=O) groups excluding carboxylic acids is 1. The molecule has 1 aromatic rings. The summed E-state index contributed by atoms with van der Waals surface area (Å²) >= 11 is 0. The molecule has 1 amide bonds. The molecule has 5 nitrogen and oxygen atoms in total. The van der Waals surface area contributed by atoms with Gasteiger partial charge in [0.1, 0.15) is 5.75 Å². The molecule has 0 aromatic heterocycles. The van der Waals surface area contributed by atoms with E-state index in [-0.39, 0.29) is 25.7 Å². The highest BCUT2D eigenvalue weighted by Crippen LogP contribution is 2.13. The van der Waals surface area contributed by atoms with Crippen LogP contribution in [0.2, 0.25) is 0 Å². The fourth-order valence-corrected chi connectivity index (χ4v) is 1.000. The van der Waals surface area contributed by atoms with Crippen molar-refractivity contribution in [3.63, 3.8) is 0 Å². The number of nitrogen functional groups attached to an aromatic ring is 1. The first-order valence-electron chi connectivity index (χ1n) is 4.58. The van der Waals surface area contributed by atoms with Crippen LogP contribution in [0.25, 0.3) is 0 Å². The zero-order valence-corrected chi connectivity index (χ0v) is 8.27. The van der Waals surface area contributed by atoms with Gasteiger partial charge < -0.3 is 20.9 Å². The van der Waals surface area contributed by atoms with E-state index in [1.165, 1.54) is 0 Å². The summed E-state index contributed by atoms with van der Waals surface area (Å²) in [5.41, 5.74) is 6.12. The largest absolute Gasteiger partial charge is 0.484 e. The second kappa shape index (κ2) is 5.87. The molecule has 0 aliphatic rings. The van der Waals surface area contributed by atoms with E-state index in [0.29, 0.717) is 11.4 Å². The topological polar surface area (TPSA) is 84.6 Å². The van der Waals surface area contributed by atoms with E-state index in [9.17, 15) is 4.79 Å². The number of hydrogen-bond acceptors (Lipinski definition) is 4. The van der Waals surface area contributed by atoms with Crippen LogP contribution in [0.1, 0.15) is 0 Å². The fraction of sp³-hybridized carbons (Fsp3) is 0.300. The molecule has 0 fully saturated rings. The van der Waals surface area contributed by atoms with Gasteiger partial charge in [0, 0.05) is 18.3 Å². The van der Waals surface area contributed by atoms with E-state index in [1.807, 2.05) is 0 Å². The quantitative estimate of drug-likeness (QED) is 0.585. The van der Waals surface area contributed by atoms with Crippen LogP contribution in [0, 0.1) is 0 Å². The van der Waals surface area contributed by atoms with Crippen LogP contribution in [0.15, 0.2) is 24.3 Å². The summed E-state index contributed by atoms with van der Waals surface area (Å²) in [6.07, 6.45) is 0. The van der Waals surface area contributed by atoms with Crippen molar-refractivity contribution in [1.29, 1.82) is 0 Å². The number of aliphatic hydroxyl groups is 1. The number of anilines is 1. The smallest absolute Gasteiger partial charge is 0.258 e. The summed E-state index contributed by atoms with van der Waals surface area (Å²) in [4.78, 5) is 11.1. The van der Waals surface area contributed by atoms with E-state index in [4.69, 9.17) is 15.6 Å². The van der Waals surface area contributed by atoms with Crippen molar-refractivity contribution in [2.45, 2.75) is 0 Å². The number of aliphatic hydroxyl groups excluding tert-OH is 1. The predicted molar refractivity (Wildman–Crippen MR) is 56.4 cm³/mol. The molecule has 0 unspecified atom stereocenters. The predicted octanol–water partition coefficient (Wildman–Crippen LogP) is -0.244. The molecule has 0 saturated heterocycles. The maximum Gasteiger partial charge on any atom is 0.258 e. The van der Waals surface area contributed by atoms with Crippen LogP contribution in [0.3, 0.4) is 0 Å². The molecule has 15 heavy (non-hydrogen) atoms. The fourth-order valence-electron chi connectivity index (χ4n) is 1.000. The monoisotopic (exact) mass is 210 g/mol. The number of benzene rings is 1. The van der Waals surface area contributed by atoms with Crippen LogP contribution in [-0.2, 0) is 4.79 Å². The molecule has 0 aliphatic heterocycles. The van der Waals surface area contributed by atoms with Crippen molar-refractivity contribution in [3.8, 4) is 5.75 Å². The van der Waals surface area contributed by atoms with Crippen LogP contribution in [0.4, 0.5) is 5.69 Å². The molecule has 0 saturated carbocycles. The number of nitrogens with one attached hydrogen (secondary N) is 1. The third-order valence-electron chi connectivity index (χ3n) is 1.66. The molecule has 5 heteroatoms. The number of nitrogens with two attached hydrogens (primary N) is 1. The number of amides is 1. The van der Waals surface area contributed by atoms with Gasteiger partial charge in [-0.25, -0.2) is 0 Å². The molecule has 0 aliphatic carbocycles. The van der Waals surface area contributed by atoms with Crippen molar-refractivity contribution in [2.75, 3.05) is 25.5 Å². The van der Waals surface area contributed by atoms with Gasteiger partial charge in [-0.05, 0) is 12.1 Å². The molecule has 0 radical (unpaired) electrons. The SMILES string of the molecule is Nc1cccc(OCC(=O)NCCO)c1. The van der Waals surface area contributed by atoms with Gasteiger partial charge in [-0.15, -0.1) is 0 Å². The maximum absolute atomic E-state index is 11.1. The minimum atomic E-state index is -0.272. The molecule has 1 rings (SSSR count). The van der Waals surface area contributed by atoms with E-state index < -0.39 is 0 Å². The first-order chi connectivity index (χ1) is 7.22. The number of rotatable bonds is 5. The Morgan fingerprint density at radius 1 is 1.53 bits per heavy atom. The molecule has 0 atom stereocenters. The van der Waals surface area contributed by atoms with E-state index in [2.05, 4.69) is 5.32 Å². The first-order valence-corrected chi connectivity index (χ1v) is 4.58. The van der Waals surface area contributed by atoms with Gasteiger partial charge in [0.25, 0.3) is 5.91 Å². The highest BCUT2D eigenvalue weighted by atomic mass is 16.5. The van der Waals surface area contributed by atoms with E-state index in [0.717, 1.165) is 0 Å². The summed E-state index contributed by atoms with van der Waals surface area (Å²) in [6, 6.07) is 6.84. The minimum Gasteiger partial charge on any atom is -0.484 e. The van der Waals surface area contributed by atoms with Gasteiger partial charge in [-0.1, -0.05) is 6.07 Å². The summed E-state index contributed by atoms with van der Waals surface area (Å²) in [7, 11) is 0. The lowest BCUT2D eigenvalue weighted by atomic mass is 10.3. The standard InChI is InChI=1S/C10H14N2O3/c11-8-2-1-3-9(6-8)15-7-10(14)12-4-5-13/h1-3,6,13H,4-5,7,11H2,(H,12,14). The van der Waals surface area contributed by atoms with Crippen LogP contribution < -0.4 is 15.8 Å². The highest BCUT2D eigenvalue weighted by molar-refractivity contribution is 5.77. The molecule has 4 N–H and O–H groups in total. The lowest BCUT2D eigenvalue weighted by Crippen LogP contribution is -2.31. The van der Waals surface area contributed by atoms with Gasteiger partial charge >= 0.3 is 0 Å². The van der Waals surface area contributed by atoms with Crippen LogP contribution in [-0.4, -0.2) is 30.8 Å². The van der Waals surface area contributed by atoms with E-state index >= 15 is 0 Å². The Balaban J connectivity index is 2.33. The molecule has 1 aromatic carbocycles. The zero-order chi connectivity index (χ0) is 11.1. The number of hydrogen-bond donors (Lipinski definition) is 3. The van der Waals surface area contributed by atoms with Crippen LogP contribution >= 0.6 is 0 Å². The summed E-state index contributed by atoms with van der Waals surface area (Å²) in [5.74, 6) is 0.278. The zero-order valence-electron chi connectivity index (χ0n) is 8.27. The van der Waals surface area contributed by atoms with Crippen molar-refractivity contribution in [2.24, 2.45) is 0 Å². The Morgan fingerprint density at radius 3 is 3.00 bits per heavy atom. The summed E-state index contributed by atoms with van der Waals surface area (Å²) in [6.45, 7) is 0.0760. The lowest BCUT2D eigenvalue weighted by molar-refractivity contribution is -0.123. The number of carbonyl (C=O) groups is 1. The Hall–Kier alpha value is -1.75. The van der Waals surface area contributed by atoms with Gasteiger partial charge in [0.2, 0.25) is 0 Å². The first kappa shape index (κ1) is 11.3. The third-order valence-corrected chi connectivity index (χ3v) is 1.66. The van der Waals surface area contributed by atoms with Crippen LogP contribution in [0.5, 0.6) is 5.75 Å². The molecular formula is C10H14N2O3. The van der Waals surface area contributed by atoms with Gasteiger partial charge in [-0.2, -0.15) is 0 Å². The molecule has 0 heterocycles. The van der Waals surface area contributed by atoms with Crippen molar-refractivity contribution in [3.05, 3.63) is 24.3 Å². The lowest BCUT2D eigenvalue weighted by Gasteiger charge is -2.06. The van der Waals surface area contributed by atoms with Gasteiger partial charge in [0.15, 0.2) is 6.61 Å². The Labute approximate surface area is 87.9 Å². The van der Waals surface area contributed by atoms with Crippen molar-refractivity contribution < 1.29 is 14.6 Å². The van der Waals surface area contributed by atoms with E-state index in [1.54, 1.807) is 24.3 Å². The van der Waals surface area contributed by atoms with Crippen molar-refractivity contribution in [1.82, 2.24) is 5.32 Å². The average Bonchev–Trinajstić information content (AvgIpc) is 2.23. The molecule has 0 bridgehead atoms. The highest BCUT2D eigenvalue weighted by Gasteiger charge is 2.01. The minimum absolute atomic E-state index is 0.0793. The average molecular weight is 210 g/mol. The normalized spacial score (nSPS) is 9.67. The van der Waals surface area contributed by atoms with Gasteiger partial charge in [-0.3, -0.25) is 4.79 Å². The summed E-state index contributed by atoms with van der Waals surface area (Å²) in [5, 5.41) is 10.9. The molecule has 0 spiro atoms. The third kappa shape index (κ3) is 4.33.